The minimum atomic E-state index is -0.829. The summed E-state index contributed by atoms with van der Waals surface area (Å²) in [6.45, 7) is 4.78. The number of allylic oxidation sites excluding steroid dienone is 1. The van der Waals surface area contributed by atoms with Crippen molar-refractivity contribution in [2.75, 3.05) is 26.7 Å². The van der Waals surface area contributed by atoms with Gasteiger partial charge in [-0.05, 0) is 25.1 Å². The monoisotopic (exact) mass is 249 g/mol. The maximum absolute atomic E-state index is 10.5. The molecular weight excluding hydrogens is 230 g/mol. The zero-order chi connectivity index (χ0) is 13.4. The summed E-state index contributed by atoms with van der Waals surface area (Å²) in [4.78, 5) is 12.2. The van der Waals surface area contributed by atoms with Gasteiger partial charge in [-0.2, -0.15) is 0 Å². The van der Waals surface area contributed by atoms with Gasteiger partial charge in [0, 0.05) is 6.54 Å². The Kier molecular flexibility index (Phi) is 5.94. The van der Waals surface area contributed by atoms with E-state index in [9.17, 15) is 4.79 Å². The van der Waals surface area contributed by atoms with E-state index in [4.69, 9.17) is 9.84 Å². The van der Waals surface area contributed by atoms with Gasteiger partial charge < -0.3 is 9.84 Å². The van der Waals surface area contributed by atoms with Crippen LogP contribution in [0.1, 0.15) is 5.56 Å². The molecule has 98 valence electrons. The molecule has 1 aromatic rings. The van der Waals surface area contributed by atoms with Crippen molar-refractivity contribution in [1.29, 1.82) is 0 Å². The molecule has 1 N–H and O–H groups in total. The molecule has 0 fully saturated rings. The first-order chi connectivity index (χ1) is 8.63. The van der Waals surface area contributed by atoms with E-state index in [1.807, 2.05) is 30.3 Å². The largest absolute Gasteiger partial charge is 0.492 e. The van der Waals surface area contributed by atoms with Crippen LogP contribution in [0, 0.1) is 0 Å². The average molecular weight is 249 g/mol. The molecule has 0 aliphatic heterocycles. The van der Waals surface area contributed by atoms with Gasteiger partial charge in [0.2, 0.25) is 0 Å². The number of rotatable bonds is 8. The summed E-state index contributed by atoms with van der Waals surface area (Å²) in [7, 11) is 1.76. The number of ether oxygens (including phenoxy) is 1. The Labute approximate surface area is 107 Å². The van der Waals surface area contributed by atoms with Crippen LogP contribution in [-0.4, -0.2) is 42.7 Å². The van der Waals surface area contributed by atoms with Crippen LogP contribution in [0.5, 0.6) is 5.75 Å². The molecule has 0 heterocycles. The van der Waals surface area contributed by atoms with Gasteiger partial charge in [0.1, 0.15) is 12.4 Å². The summed E-state index contributed by atoms with van der Waals surface area (Å²) >= 11 is 0. The second-order valence-electron chi connectivity index (χ2n) is 4.08. The number of hydrogen-bond donors (Lipinski definition) is 1. The molecule has 18 heavy (non-hydrogen) atoms. The topological polar surface area (TPSA) is 49.8 Å². The number of carboxylic acid groups (broad SMARTS) is 1. The van der Waals surface area contributed by atoms with Crippen LogP contribution >= 0.6 is 0 Å². The molecule has 0 radical (unpaired) electrons. The van der Waals surface area contributed by atoms with Crippen molar-refractivity contribution in [3.63, 3.8) is 0 Å². The highest BCUT2D eigenvalue weighted by molar-refractivity contribution is 5.68. The van der Waals surface area contributed by atoms with Crippen LogP contribution in [0.15, 0.2) is 36.9 Å². The van der Waals surface area contributed by atoms with Gasteiger partial charge in [-0.1, -0.05) is 24.3 Å². The van der Waals surface area contributed by atoms with Gasteiger partial charge in [-0.3, -0.25) is 9.69 Å². The molecule has 0 aromatic heterocycles. The number of likely N-dealkylation sites (N-methyl/N-ethyl adjacent to an activating group) is 1. The first-order valence-electron chi connectivity index (χ1n) is 5.85. The number of carboxylic acids is 1. The fraction of sp³-hybridized carbons (Fsp3) is 0.357. The Bertz CT molecular complexity index is 404. The van der Waals surface area contributed by atoms with Crippen LogP contribution in [-0.2, 0) is 11.2 Å². The lowest BCUT2D eigenvalue weighted by molar-refractivity contribution is -0.138. The summed E-state index contributed by atoms with van der Waals surface area (Å²) in [5.41, 5.74) is 1.09. The number of nitrogens with zero attached hydrogens (tertiary/aromatic N) is 1. The zero-order valence-corrected chi connectivity index (χ0v) is 10.6. The van der Waals surface area contributed by atoms with Gasteiger partial charge in [-0.25, -0.2) is 0 Å². The van der Waals surface area contributed by atoms with Gasteiger partial charge >= 0.3 is 5.97 Å². The minimum absolute atomic E-state index is 0.0255. The molecule has 0 saturated carbocycles. The van der Waals surface area contributed by atoms with Crippen molar-refractivity contribution >= 4 is 5.97 Å². The molecule has 4 nitrogen and oxygen atoms in total. The summed E-state index contributed by atoms with van der Waals surface area (Å²) in [6.07, 6.45) is 2.60. The van der Waals surface area contributed by atoms with Crippen LogP contribution < -0.4 is 4.74 Å². The smallest absolute Gasteiger partial charge is 0.317 e. The fourth-order valence-electron chi connectivity index (χ4n) is 1.59. The number of aliphatic carboxylic acids is 1. The Hall–Kier alpha value is -1.81. The molecule has 0 amide bonds. The van der Waals surface area contributed by atoms with E-state index in [0.717, 1.165) is 17.7 Å². The number of para-hydroxylation sites is 1. The first-order valence-corrected chi connectivity index (χ1v) is 5.85. The third-order valence-electron chi connectivity index (χ3n) is 2.47. The molecule has 4 heteroatoms. The summed E-state index contributed by atoms with van der Waals surface area (Å²) in [5.74, 6) is 0.00526. The average Bonchev–Trinajstić information content (AvgIpc) is 2.30. The fourth-order valence-corrected chi connectivity index (χ4v) is 1.59. The summed E-state index contributed by atoms with van der Waals surface area (Å²) in [6, 6.07) is 7.79. The molecule has 0 bridgehead atoms. The van der Waals surface area contributed by atoms with E-state index in [0.29, 0.717) is 13.2 Å². The molecule has 1 aromatic carbocycles. The van der Waals surface area contributed by atoms with Gasteiger partial charge in [-0.15, -0.1) is 6.58 Å². The third-order valence-corrected chi connectivity index (χ3v) is 2.47. The summed E-state index contributed by atoms with van der Waals surface area (Å²) in [5, 5.41) is 8.62. The molecule has 0 spiro atoms. The van der Waals surface area contributed by atoms with E-state index < -0.39 is 5.97 Å². The zero-order valence-electron chi connectivity index (χ0n) is 10.6. The van der Waals surface area contributed by atoms with Gasteiger partial charge in [0.15, 0.2) is 0 Å². The second-order valence-corrected chi connectivity index (χ2v) is 4.08. The van der Waals surface area contributed by atoms with Crippen molar-refractivity contribution < 1.29 is 14.6 Å². The van der Waals surface area contributed by atoms with E-state index >= 15 is 0 Å². The molecule has 0 aliphatic rings. The summed E-state index contributed by atoms with van der Waals surface area (Å²) < 4.78 is 5.66. The normalized spacial score (nSPS) is 10.3. The number of carbonyl (C=O) groups is 1. The predicted octanol–water partition coefficient (Wildman–Crippen LogP) is 1.81. The van der Waals surface area contributed by atoms with Gasteiger partial charge in [0.25, 0.3) is 0 Å². The molecule has 0 atom stereocenters. The van der Waals surface area contributed by atoms with Crippen LogP contribution in [0.25, 0.3) is 0 Å². The predicted molar refractivity (Wildman–Crippen MR) is 71.0 cm³/mol. The standard InChI is InChI=1S/C14H19NO3/c1-3-6-12-7-4-5-8-13(12)18-10-9-15(2)11-14(16)17/h3-5,7-8H,1,6,9-11H2,2H3,(H,16,17). The highest BCUT2D eigenvalue weighted by atomic mass is 16.5. The van der Waals surface area contributed by atoms with Crippen LogP contribution in [0.4, 0.5) is 0 Å². The second kappa shape index (κ2) is 7.50. The lowest BCUT2D eigenvalue weighted by Crippen LogP contribution is -2.29. The Morgan fingerprint density at radius 3 is 2.89 bits per heavy atom. The van der Waals surface area contributed by atoms with Crippen molar-refractivity contribution in [3.05, 3.63) is 42.5 Å². The van der Waals surface area contributed by atoms with Crippen molar-refractivity contribution in [2.24, 2.45) is 0 Å². The van der Waals surface area contributed by atoms with Crippen LogP contribution in [0.3, 0.4) is 0 Å². The van der Waals surface area contributed by atoms with E-state index in [1.165, 1.54) is 0 Å². The highest BCUT2D eigenvalue weighted by Crippen LogP contribution is 2.18. The highest BCUT2D eigenvalue weighted by Gasteiger charge is 2.05. The molecule has 0 aliphatic carbocycles. The van der Waals surface area contributed by atoms with Crippen molar-refractivity contribution in [2.45, 2.75) is 6.42 Å². The van der Waals surface area contributed by atoms with E-state index in [2.05, 4.69) is 6.58 Å². The SMILES string of the molecule is C=CCc1ccccc1OCCN(C)CC(=O)O. The molecule has 1 rings (SSSR count). The van der Waals surface area contributed by atoms with Crippen molar-refractivity contribution in [1.82, 2.24) is 4.90 Å². The maximum atomic E-state index is 10.5. The first kappa shape index (κ1) is 14.3. The minimum Gasteiger partial charge on any atom is -0.492 e. The Balaban J connectivity index is 2.43. The van der Waals surface area contributed by atoms with Gasteiger partial charge in [0.05, 0.1) is 6.54 Å². The number of hydrogen-bond acceptors (Lipinski definition) is 3. The van der Waals surface area contributed by atoms with E-state index in [1.54, 1.807) is 11.9 Å². The lowest BCUT2D eigenvalue weighted by Gasteiger charge is -2.15. The van der Waals surface area contributed by atoms with Crippen molar-refractivity contribution in [3.8, 4) is 5.75 Å². The molecule has 0 saturated heterocycles. The van der Waals surface area contributed by atoms with Crippen LogP contribution in [0.2, 0.25) is 0 Å². The Morgan fingerprint density at radius 2 is 2.22 bits per heavy atom. The van der Waals surface area contributed by atoms with E-state index in [-0.39, 0.29) is 6.54 Å². The lowest BCUT2D eigenvalue weighted by atomic mass is 10.1. The molecular formula is C14H19NO3. The maximum Gasteiger partial charge on any atom is 0.317 e. The number of benzene rings is 1. The molecule has 0 unspecified atom stereocenters. The quantitative estimate of drug-likeness (QED) is 0.714. The Morgan fingerprint density at radius 1 is 1.50 bits per heavy atom. The third kappa shape index (κ3) is 5.01.